The first-order chi connectivity index (χ1) is 8.27. The molecular weight excluding hydrogens is 206 g/mol. The molecule has 1 aromatic carbocycles. The van der Waals surface area contributed by atoms with Crippen LogP contribution in [0.25, 0.3) is 11.3 Å². The van der Waals surface area contributed by atoms with Crippen molar-refractivity contribution in [2.75, 3.05) is 0 Å². The number of pyridine rings is 1. The molecule has 86 valence electrons. The summed E-state index contributed by atoms with van der Waals surface area (Å²) >= 11 is 0. The van der Waals surface area contributed by atoms with Crippen molar-refractivity contribution in [3.63, 3.8) is 0 Å². The Kier molecular flexibility index (Phi) is 2.47. The second-order valence-electron chi connectivity index (χ2n) is 4.85. The van der Waals surface area contributed by atoms with Crippen LogP contribution in [0.1, 0.15) is 28.8 Å². The predicted molar refractivity (Wildman–Crippen MR) is 71.2 cm³/mol. The van der Waals surface area contributed by atoms with Crippen LogP contribution in [0.5, 0.6) is 0 Å². The SMILES string of the molecule is Cc1nc(-c2ccccc2)c(C)c2c1CCC2. The van der Waals surface area contributed by atoms with Crippen LogP contribution in [-0.2, 0) is 12.8 Å². The van der Waals surface area contributed by atoms with Gasteiger partial charge in [-0.05, 0) is 49.8 Å². The molecule has 0 radical (unpaired) electrons. The third-order valence-electron chi connectivity index (χ3n) is 3.79. The number of benzene rings is 1. The fraction of sp³-hybridized carbons (Fsp3) is 0.312. The van der Waals surface area contributed by atoms with E-state index in [1.165, 1.54) is 47.3 Å². The Bertz CT molecular complexity index is 555. The molecule has 1 heterocycles. The molecule has 0 saturated carbocycles. The maximum Gasteiger partial charge on any atom is 0.0737 e. The molecule has 0 spiro atoms. The van der Waals surface area contributed by atoms with Crippen molar-refractivity contribution in [3.05, 3.63) is 52.7 Å². The molecule has 3 rings (SSSR count). The Balaban J connectivity index is 2.23. The molecule has 17 heavy (non-hydrogen) atoms. The van der Waals surface area contributed by atoms with E-state index < -0.39 is 0 Å². The van der Waals surface area contributed by atoms with Crippen LogP contribution in [0.15, 0.2) is 30.3 Å². The van der Waals surface area contributed by atoms with Crippen molar-refractivity contribution in [1.82, 2.24) is 4.98 Å². The first-order valence-electron chi connectivity index (χ1n) is 6.32. The minimum atomic E-state index is 1.17. The summed E-state index contributed by atoms with van der Waals surface area (Å²) in [5, 5.41) is 0. The minimum absolute atomic E-state index is 1.17. The number of nitrogens with zero attached hydrogens (tertiary/aromatic N) is 1. The molecule has 0 aliphatic heterocycles. The highest BCUT2D eigenvalue weighted by atomic mass is 14.7. The summed E-state index contributed by atoms with van der Waals surface area (Å²) in [7, 11) is 0. The summed E-state index contributed by atoms with van der Waals surface area (Å²) in [6.07, 6.45) is 3.73. The predicted octanol–water partition coefficient (Wildman–Crippen LogP) is 3.85. The van der Waals surface area contributed by atoms with Gasteiger partial charge in [0, 0.05) is 11.3 Å². The molecule has 1 aliphatic carbocycles. The lowest BCUT2D eigenvalue weighted by Gasteiger charge is -2.13. The lowest BCUT2D eigenvalue weighted by atomic mass is 9.98. The molecule has 0 saturated heterocycles. The first kappa shape index (κ1) is 10.5. The van der Waals surface area contributed by atoms with Crippen LogP contribution < -0.4 is 0 Å². The van der Waals surface area contributed by atoms with E-state index in [2.05, 4.69) is 44.2 Å². The zero-order chi connectivity index (χ0) is 11.8. The number of rotatable bonds is 1. The van der Waals surface area contributed by atoms with Crippen molar-refractivity contribution >= 4 is 0 Å². The van der Waals surface area contributed by atoms with Gasteiger partial charge >= 0.3 is 0 Å². The molecule has 0 amide bonds. The zero-order valence-electron chi connectivity index (χ0n) is 10.5. The van der Waals surface area contributed by atoms with Gasteiger partial charge in [-0.1, -0.05) is 30.3 Å². The Hall–Kier alpha value is -1.63. The van der Waals surface area contributed by atoms with Crippen molar-refractivity contribution in [2.45, 2.75) is 33.1 Å². The Labute approximate surface area is 103 Å². The van der Waals surface area contributed by atoms with Crippen LogP contribution in [0.4, 0.5) is 0 Å². The maximum absolute atomic E-state index is 4.81. The Morgan fingerprint density at radius 2 is 1.65 bits per heavy atom. The van der Waals surface area contributed by atoms with Gasteiger partial charge in [0.2, 0.25) is 0 Å². The molecular formula is C16H17N. The largest absolute Gasteiger partial charge is 0.253 e. The van der Waals surface area contributed by atoms with Gasteiger partial charge < -0.3 is 0 Å². The standard InChI is InChI=1S/C16H17N/c1-11-14-9-6-10-15(14)12(2)17-16(11)13-7-4-3-5-8-13/h3-5,7-8H,6,9-10H2,1-2H3. The monoisotopic (exact) mass is 223 g/mol. The van der Waals surface area contributed by atoms with E-state index >= 15 is 0 Å². The molecule has 0 bridgehead atoms. The zero-order valence-corrected chi connectivity index (χ0v) is 10.5. The second kappa shape index (κ2) is 3.99. The molecule has 0 atom stereocenters. The fourth-order valence-corrected chi connectivity index (χ4v) is 2.90. The topological polar surface area (TPSA) is 12.9 Å². The van der Waals surface area contributed by atoms with Crippen LogP contribution in [0.2, 0.25) is 0 Å². The molecule has 1 nitrogen and oxygen atoms in total. The van der Waals surface area contributed by atoms with E-state index in [9.17, 15) is 0 Å². The van der Waals surface area contributed by atoms with Gasteiger partial charge in [0.05, 0.1) is 5.69 Å². The van der Waals surface area contributed by atoms with Gasteiger partial charge in [-0.3, -0.25) is 4.98 Å². The van der Waals surface area contributed by atoms with Crippen LogP contribution >= 0.6 is 0 Å². The average Bonchev–Trinajstić information content (AvgIpc) is 2.85. The molecule has 1 aromatic heterocycles. The van der Waals surface area contributed by atoms with E-state index in [0.717, 1.165) is 0 Å². The van der Waals surface area contributed by atoms with E-state index in [0.29, 0.717) is 0 Å². The van der Waals surface area contributed by atoms with Crippen molar-refractivity contribution in [3.8, 4) is 11.3 Å². The van der Waals surface area contributed by atoms with Crippen LogP contribution in [-0.4, -0.2) is 4.98 Å². The first-order valence-corrected chi connectivity index (χ1v) is 6.32. The van der Waals surface area contributed by atoms with E-state index in [1.807, 2.05) is 0 Å². The smallest absolute Gasteiger partial charge is 0.0737 e. The third kappa shape index (κ3) is 1.66. The van der Waals surface area contributed by atoms with Crippen LogP contribution in [0, 0.1) is 13.8 Å². The Morgan fingerprint density at radius 1 is 0.941 bits per heavy atom. The maximum atomic E-state index is 4.81. The number of hydrogen-bond donors (Lipinski definition) is 0. The van der Waals surface area contributed by atoms with Crippen molar-refractivity contribution in [2.24, 2.45) is 0 Å². The quantitative estimate of drug-likeness (QED) is 0.715. The molecule has 1 heteroatoms. The summed E-state index contributed by atoms with van der Waals surface area (Å²) in [4.78, 5) is 4.81. The number of aryl methyl sites for hydroxylation is 1. The second-order valence-corrected chi connectivity index (χ2v) is 4.85. The molecule has 0 unspecified atom stereocenters. The molecule has 2 aromatic rings. The summed E-state index contributed by atoms with van der Waals surface area (Å²) < 4.78 is 0. The molecule has 0 N–H and O–H groups in total. The van der Waals surface area contributed by atoms with Crippen molar-refractivity contribution < 1.29 is 0 Å². The van der Waals surface area contributed by atoms with Gasteiger partial charge in [-0.15, -0.1) is 0 Å². The lowest BCUT2D eigenvalue weighted by molar-refractivity contribution is 0.906. The normalized spacial score (nSPS) is 13.8. The summed E-state index contributed by atoms with van der Waals surface area (Å²) in [5.74, 6) is 0. The minimum Gasteiger partial charge on any atom is -0.253 e. The van der Waals surface area contributed by atoms with Gasteiger partial charge in [0.25, 0.3) is 0 Å². The Morgan fingerprint density at radius 3 is 2.41 bits per heavy atom. The van der Waals surface area contributed by atoms with Crippen LogP contribution in [0.3, 0.4) is 0 Å². The average molecular weight is 223 g/mol. The highest BCUT2D eigenvalue weighted by Crippen LogP contribution is 2.32. The van der Waals surface area contributed by atoms with Gasteiger partial charge in [0.15, 0.2) is 0 Å². The molecule has 1 aliphatic rings. The number of fused-ring (bicyclic) bond motifs is 1. The van der Waals surface area contributed by atoms with E-state index in [-0.39, 0.29) is 0 Å². The fourth-order valence-electron chi connectivity index (χ4n) is 2.90. The lowest BCUT2D eigenvalue weighted by Crippen LogP contribution is -1.99. The number of aromatic nitrogens is 1. The van der Waals surface area contributed by atoms with Gasteiger partial charge in [-0.25, -0.2) is 0 Å². The summed E-state index contributed by atoms with van der Waals surface area (Å²) in [6.45, 7) is 4.37. The van der Waals surface area contributed by atoms with E-state index in [1.54, 1.807) is 5.56 Å². The number of hydrogen-bond acceptors (Lipinski definition) is 1. The highest BCUT2D eigenvalue weighted by molar-refractivity contribution is 5.66. The summed E-state index contributed by atoms with van der Waals surface area (Å²) in [5.41, 5.74) is 8.07. The van der Waals surface area contributed by atoms with Crippen molar-refractivity contribution in [1.29, 1.82) is 0 Å². The molecule has 0 fully saturated rings. The van der Waals surface area contributed by atoms with Gasteiger partial charge in [-0.2, -0.15) is 0 Å². The third-order valence-corrected chi connectivity index (χ3v) is 3.79. The summed E-state index contributed by atoms with van der Waals surface area (Å²) in [6, 6.07) is 10.5. The van der Waals surface area contributed by atoms with Gasteiger partial charge in [0.1, 0.15) is 0 Å². The highest BCUT2D eigenvalue weighted by Gasteiger charge is 2.19. The van der Waals surface area contributed by atoms with E-state index in [4.69, 9.17) is 4.98 Å².